The number of carbonyl (C=O) groups excluding carboxylic acids is 2. The highest BCUT2D eigenvalue weighted by Gasteiger charge is 2.28. The number of nitrogens with zero attached hydrogens (tertiary/aromatic N) is 1. The van der Waals surface area contributed by atoms with E-state index in [1.807, 2.05) is 68.4 Å². The van der Waals surface area contributed by atoms with Gasteiger partial charge < -0.3 is 15.0 Å². The molecule has 1 atom stereocenters. The third kappa shape index (κ3) is 7.26. The van der Waals surface area contributed by atoms with Crippen LogP contribution in [0.15, 0.2) is 54.6 Å². The summed E-state index contributed by atoms with van der Waals surface area (Å²) in [5.74, 6) is 0.330. The van der Waals surface area contributed by atoms with Crippen LogP contribution < -0.4 is 10.1 Å². The molecule has 5 nitrogen and oxygen atoms in total. The van der Waals surface area contributed by atoms with Crippen molar-refractivity contribution >= 4 is 11.8 Å². The first-order valence-electron chi connectivity index (χ1n) is 10.4. The van der Waals surface area contributed by atoms with Crippen LogP contribution >= 0.6 is 0 Å². The van der Waals surface area contributed by atoms with Crippen molar-refractivity contribution in [2.45, 2.75) is 52.6 Å². The summed E-state index contributed by atoms with van der Waals surface area (Å²) in [4.78, 5) is 27.4. The van der Waals surface area contributed by atoms with Crippen LogP contribution in [0.2, 0.25) is 0 Å². The minimum Gasteiger partial charge on any atom is -0.484 e. The molecule has 29 heavy (non-hydrogen) atoms. The molecule has 2 rings (SSSR count). The number of rotatable bonds is 11. The Labute approximate surface area is 174 Å². The third-order valence-corrected chi connectivity index (χ3v) is 4.79. The molecular weight excluding hydrogens is 364 g/mol. The molecule has 0 fully saturated rings. The molecule has 0 aliphatic rings. The highest BCUT2D eigenvalue weighted by Crippen LogP contribution is 2.15. The Morgan fingerprint density at radius 1 is 1.03 bits per heavy atom. The topological polar surface area (TPSA) is 58.6 Å². The molecule has 0 aliphatic heterocycles. The van der Waals surface area contributed by atoms with Crippen LogP contribution in [0.1, 0.15) is 44.2 Å². The Morgan fingerprint density at radius 2 is 1.72 bits per heavy atom. The lowest BCUT2D eigenvalue weighted by atomic mass is 10.1. The van der Waals surface area contributed by atoms with E-state index in [-0.39, 0.29) is 18.4 Å². The zero-order valence-electron chi connectivity index (χ0n) is 17.7. The highest BCUT2D eigenvalue weighted by molar-refractivity contribution is 5.88. The van der Waals surface area contributed by atoms with E-state index in [0.29, 0.717) is 25.3 Å². The van der Waals surface area contributed by atoms with E-state index < -0.39 is 6.04 Å². The minimum absolute atomic E-state index is 0.103. The van der Waals surface area contributed by atoms with Crippen molar-refractivity contribution in [3.8, 4) is 5.75 Å². The molecule has 0 aromatic heterocycles. The maximum atomic E-state index is 13.0. The van der Waals surface area contributed by atoms with Gasteiger partial charge in [-0.2, -0.15) is 0 Å². The number of hydrogen-bond acceptors (Lipinski definition) is 3. The van der Waals surface area contributed by atoms with Crippen molar-refractivity contribution in [2.24, 2.45) is 0 Å². The summed E-state index contributed by atoms with van der Waals surface area (Å²) >= 11 is 0. The van der Waals surface area contributed by atoms with Gasteiger partial charge in [0.25, 0.3) is 5.91 Å². The Kier molecular flexibility index (Phi) is 9.22. The van der Waals surface area contributed by atoms with E-state index in [9.17, 15) is 9.59 Å². The van der Waals surface area contributed by atoms with Crippen LogP contribution in [0.25, 0.3) is 0 Å². The van der Waals surface area contributed by atoms with Crippen molar-refractivity contribution in [1.82, 2.24) is 10.2 Å². The lowest BCUT2D eigenvalue weighted by molar-refractivity contribution is -0.143. The van der Waals surface area contributed by atoms with Crippen LogP contribution in [0.4, 0.5) is 0 Å². The van der Waals surface area contributed by atoms with Gasteiger partial charge in [-0.1, -0.05) is 68.3 Å². The zero-order valence-corrected chi connectivity index (χ0v) is 17.7. The summed E-state index contributed by atoms with van der Waals surface area (Å²) in [6.07, 6.45) is 2.47. The molecule has 0 spiro atoms. The SMILES string of the molecule is CCCCNC(=O)[C@@H](CC)N(Cc1ccccc1)C(=O)COc1ccc(C)cc1. The van der Waals surface area contributed by atoms with Gasteiger partial charge in [0.1, 0.15) is 11.8 Å². The lowest BCUT2D eigenvalue weighted by Crippen LogP contribution is -2.50. The summed E-state index contributed by atoms with van der Waals surface area (Å²) in [5, 5.41) is 2.96. The van der Waals surface area contributed by atoms with E-state index >= 15 is 0 Å². The summed E-state index contributed by atoms with van der Waals surface area (Å²) in [7, 11) is 0. The summed E-state index contributed by atoms with van der Waals surface area (Å²) in [6, 6.07) is 16.8. The molecular formula is C24H32N2O3. The Hall–Kier alpha value is -2.82. The van der Waals surface area contributed by atoms with Crippen molar-refractivity contribution in [1.29, 1.82) is 0 Å². The van der Waals surface area contributed by atoms with Crippen LogP contribution in [0.5, 0.6) is 5.75 Å². The van der Waals surface area contributed by atoms with Gasteiger partial charge in [0.15, 0.2) is 6.61 Å². The number of carbonyl (C=O) groups is 2. The van der Waals surface area contributed by atoms with Gasteiger partial charge in [0.05, 0.1) is 0 Å². The Bertz CT molecular complexity index is 759. The largest absolute Gasteiger partial charge is 0.484 e. The fourth-order valence-electron chi connectivity index (χ4n) is 3.07. The van der Waals surface area contributed by atoms with Gasteiger partial charge in [0.2, 0.25) is 5.91 Å². The average molecular weight is 397 g/mol. The van der Waals surface area contributed by atoms with Crippen LogP contribution in [0.3, 0.4) is 0 Å². The molecule has 0 heterocycles. The summed E-state index contributed by atoms with van der Waals surface area (Å²) in [6.45, 7) is 6.90. The first-order chi connectivity index (χ1) is 14.0. The van der Waals surface area contributed by atoms with Crippen LogP contribution in [-0.2, 0) is 16.1 Å². The van der Waals surface area contributed by atoms with Crippen molar-refractivity contribution < 1.29 is 14.3 Å². The maximum Gasteiger partial charge on any atom is 0.261 e. The fourth-order valence-corrected chi connectivity index (χ4v) is 3.07. The van der Waals surface area contributed by atoms with Crippen molar-refractivity contribution in [2.75, 3.05) is 13.2 Å². The maximum absolute atomic E-state index is 13.0. The highest BCUT2D eigenvalue weighted by atomic mass is 16.5. The molecule has 2 amide bonds. The number of hydrogen-bond donors (Lipinski definition) is 1. The lowest BCUT2D eigenvalue weighted by Gasteiger charge is -2.30. The standard InChI is InChI=1S/C24H32N2O3/c1-4-6-16-25-24(28)22(5-2)26(17-20-10-8-7-9-11-20)23(27)18-29-21-14-12-19(3)13-15-21/h7-15,22H,4-6,16-18H2,1-3H3,(H,25,28)/t22-/m1/s1. The van der Waals surface area contributed by atoms with Gasteiger partial charge in [-0.05, 0) is 37.5 Å². The predicted octanol–water partition coefficient (Wildman–Crippen LogP) is 4.10. The molecule has 0 bridgehead atoms. The predicted molar refractivity (Wildman–Crippen MR) is 116 cm³/mol. The second-order valence-corrected chi connectivity index (χ2v) is 7.18. The van der Waals surface area contributed by atoms with Crippen LogP contribution in [-0.4, -0.2) is 35.9 Å². The molecule has 0 saturated carbocycles. The number of nitrogens with one attached hydrogen (secondary N) is 1. The molecule has 0 saturated heterocycles. The number of ether oxygens (including phenoxy) is 1. The molecule has 5 heteroatoms. The molecule has 0 unspecified atom stereocenters. The zero-order chi connectivity index (χ0) is 21.1. The quantitative estimate of drug-likeness (QED) is 0.582. The van der Waals surface area contributed by atoms with Crippen molar-refractivity contribution in [3.63, 3.8) is 0 Å². The number of aryl methyl sites for hydroxylation is 1. The van der Waals surface area contributed by atoms with Gasteiger partial charge >= 0.3 is 0 Å². The van der Waals surface area contributed by atoms with Gasteiger partial charge in [-0.15, -0.1) is 0 Å². The Balaban J connectivity index is 2.12. The normalized spacial score (nSPS) is 11.6. The van der Waals surface area contributed by atoms with E-state index in [4.69, 9.17) is 4.74 Å². The second kappa shape index (κ2) is 11.9. The first kappa shape index (κ1) is 22.5. The fraction of sp³-hybridized carbons (Fsp3) is 0.417. The van der Waals surface area contributed by atoms with E-state index in [2.05, 4.69) is 12.2 Å². The molecule has 2 aromatic rings. The molecule has 0 radical (unpaired) electrons. The van der Waals surface area contributed by atoms with Gasteiger partial charge in [0, 0.05) is 13.1 Å². The first-order valence-corrected chi connectivity index (χ1v) is 10.4. The number of benzene rings is 2. The second-order valence-electron chi connectivity index (χ2n) is 7.18. The molecule has 1 N–H and O–H groups in total. The summed E-state index contributed by atoms with van der Waals surface area (Å²) < 4.78 is 5.69. The Morgan fingerprint density at radius 3 is 2.34 bits per heavy atom. The average Bonchev–Trinajstić information content (AvgIpc) is 2.74. The smallest absolute Gasteiger partial charge is 0.261 e. The van der Waals surface area contributed by atoms with Crippen LogP contribution in [0, 0.1) is 6.92 Å². The van der Waals surface area contributed by atoms with E-state index in [0.717, 1.165) is 24.0 Å². The third-order valence-electron chi connectivity index (χ3n) is 4.79. The van der Waals surface area contributed by atoms with E-state index in [1.54, 1.807) is 4.90 Å². The molecule has 156 valence electrons. The van der Waals surface area contributed by atoms with Gasteiger partial charge in [-0.3, -0.25) is 9.59 Å². The van der Waals surface area contributed by atoms with E-state index in [1.165, 1.54) is 0 Å². The van der Waals surface area contributed by atoms with Crippen molar-refractivity contribution in [3.05, 3.63) is 65.7 Å². The monoisotopic (exact) mass is 396 g/mol. The molecule has 2 aromatic carbocycles. The number of amides is 2. The number of unbranched alkanes of at least 4 members (excludes halogenated alkanes) is 1. The van der Waals surface area contributed by atoms with Gasteiger partial charge in [-0.25, -0.2) is 0 Å². The minimum atomic E-state index is -0.527. The molecule has 0 aliphatic carbocycles. The summed E-state index contributed by atoms with van der Waals surface area (Å²) in [5.41, 5.74) is 2.11.